The smallest absolute Gasteiger partial charge is 0.226 e. The van der Waals surface area contributed by atoms with E-state index in [0.29, 0.717) is 5.91 Å². The Morgan fingerprint density at radius 3 is 2.09 bits per heavy atom. The van der Waals surface area contributed by atoms with Crippen LogP contribution >= 0.6 is 12.4 Å². The van der Waals surface area contributed by atoms with E-state index in [2.05, 4.69) is 39.8 Å². The van der Waals surface area contributed by atoms with Gasteiger partial charge in [-0.1, -0.05) is 43.5 Å². The SMILES string of the molecule is Cl.O=C(C1CCc2ccccc2C1)N1CCC(CNCCCCNCC2CCCCC2)CC1. The normalized spacial score (nSPS) is 21.9. The number of hydrogen-bond acceptors (Lipinski definition) is 3. The van der Waals surface area contributed by atoms with Crippen molar-refractivity contribution in [3.05, 3.63) is 35.4 Å². The van der Waals surface area contributed by atoms with Crippen molar-refractivity contribution in [3.63, 3.8) is 0 Å². The minimum absolute atomic E-state index is 0. The molecule has 2 N–H and O–H groups in total. The lowest BCUT2D eigenvalue weighted by atomic mass is 9.82. The van der Waals surface area contributed by atoms with Crippen molar-refractivity contribution in [1.82, 2.24) is 15.5 Å². The highest BCUT2D eigenvalue weighted by molar-refractivity contribution is 5.85. The monoisotopic (exact) mass is 475 g/mol. The Bertz CT molecular complexity index is 698. The first-order chi connectivity index (χ1) is 15.8. The van der Waals surface area contributed by atoms with Gasteiger partial charge >= 0.3 is 0 Å². The van der Waals surface area contributed by atoms with Gasteiger partial charge in [-0.2, -0.15) is 0 Å². The summed E-state index contributed by atoms with van der Waals surface area (Å²) in [6.07, 6.45) is 15.1. The molecule has 1 saturated heterocycles. The molecule has 5 heteroatoms. The van der Waals surface area contributed by atoms with Crippen LogP contribution in [0.25, 0.3) is 0 Å². The number of nitrogens with one attached hydrogen (secondary N) is 2. The van der Waals surface area contributed by atoms with Gasteiger partial charge in [0.15, 0.2) is 0 Å². The van der Waals surface area contributed by atoms with E-state index in [9.17, 15) is 4.79 Å². The second-order valence-electron chi connectivity index (χ2n) is 10.6. The molecule has 0 bridgehead atoms. The number of aryl methyl sites for hydroxylation is 1. The van der Waals surface area contributed by atoms with Crippen LogP contribution in [0.3, 0.4) is 0 Å². The van der Waals surface area contributed by atoms with Crippen molar-refractivity contribution in [2.75, 3.05) is 39.3 Å². The summed E-state index contributed by atoms with van der Waals surface area (Å²) in [4.78, 5) is 15.2. The first-order valence-corrected chi connectivity index (χ1v) is 13.6. The van der Waals surface area contributed by atoms with Crippen LogP contribution in [0.2, 0.25) is 0 Å². The Hall–Kier alpha value is -1.10. The average Bonchev–Trinajstić information content (AvgIpc) is 2.86. The molecule has 1 unspecified atom stereocenters. The summed E-state index contributed by atoms with van der Waals surface area (Å²) < 4.78 is 0. The van der Waals surface area contributed by atoms with Crippen molar-refractivity contribution in [1.29, 1.82) is 0 Å². The highest BCUT2D eigenvalue weighted by Crippen LogP contribution is 2.28. The number of piperidine rings is 1. The van der Waals surface area contributed by atoms with Crippen LogP contribution in [-0.4, -0.2) is 50.1 Å². The number of rotatable bonds is 10. The molecule has 1 aromatic rings. The van der Waals surface area contributed by atoms with E-state index < -0.39 is 0 Å². The van der Waals surface area contributed by atoms with Crippen LogP contribution < -0.4 is 10.6 Å². The summed E-state index contributed by atoms with van der Waals surface area (Å²) in [6.45, 7) is 6.56. The number of fused-ring (bicyclic) bond motifs is 1. The molecular formula is C28H46ClN3O. The lowest BCUT2D eigenvalue weighted by molar-refractivity contribution is -0.137. The molecule has 33 heavy (non-hydrogen) atoms. The standard InChI is InChI=1S/C28H45N3O.ClH/c32-28(27-13-12-25-10-4-5-11-26(25)20-27)31-18-14-24(15-19-31)22-30-17-7-6-16-29-21-23-8-2-1-3-9-23;/h4-5,10-11,23-24,27,29-30H,1-3,6-9,12-22H2;1H. The molecule has 0 spiro atoms. The summed E-state index contributed by atoms with van der Waals surface area (Å²) in [5, 5.41) is 7.36. The minimum atomic E-state index is 0. The Morgan fingerprint density at radius 1 is 0.818 bits per heavy atom. The Balaban J connectivity index is 0.00000306. The van der Waals surface area contributed by atoms with Crippen LogP contribution in [-0.2, 0) is 17.6 Å². The number of nitrogens with zero attached hydrogens (tertiary/aromatic N) is 1. The van der Waals surface area contributed by atoms with E-state index in [1.165, 1.54) is 69.2 Å². The molecule has 1 aromatic carbocycles. The number of halogens is 1. The molecule has 4 nitrogen and oxygen atoms in total. The number of amides is 1. The molecule has 2 fully saturated rings. The summed E-state index contributed by atoms with van der Waals surface area (Å²) in [5.74, 6) is 2.28. The second kappa shape index (κ2) is 14.3. The first-order valence-electron chi connectivity index (χ1n) is 13.6. The van der Waals surface area contributed by atoms with Gasteiger partial charge in [0.05, 0.1) is 0 Å². The lowest BCUT2D eigenvalue weighted by Crippen LogP contribution is -2.44. The average molecular weight is 476 g/mol. The van der Waals surface area contributed by atoms with Crippen LogP contribution in [0.15, 0.2) is 24.3 Å². The van der Waals surface area contributed by atoms with E-state index in [4.69, 9.17) is 0 Å². The number of hydrogen-bond donors (Lipinski definition) is 2. The first kappa shape index (κ1) is 26.5. The lowest BCUT2D eigenvalue weighted by Gasteiger charge is -2.35. The maximum absolute atomic E-state index is 13.1. The van der Waals surface area contributed by atoms with Crippen LogP contribution in [0.1, 0.15) is 75.3 Å². The van der Waals surface area contributed by atoms with Gasteiger partial charge in [0.25, 0.3) is 0 Å². The van der Waals surface area contributed by atoms with E-state index in [1.807, 2.05) is 0 Å². The van der Waals surface area contributed by atoms with Crippen LogP contribution in [0.5, 0.6) is 0 Å². The number of carbonyl (C=O) groups is 1. The van der Waals surface area contributed by atoms with Crippen molar-refractivity contribution < 1.29 is 4.79 Å². The van der Waals surface area contributed by atoms with E-state index in [0.717, 1.165) is 70.1 Å². The van der Waals surface area contributed by atoms with Gasteiger partial charge in [0.1, 0.15) is 0 Å². The van der Waals surface area contributed by atoms with Gasteiger partial charge in [-0.15, -0.1) is 12.4 Å². The third-order valence-electron chi connectivity index (χ3n) is 8.17. The third-order valence-corrected chi connectivity index (χ3v) is 8.17. The topological polar surface area (TPSA) is 44.4 Å². The highest BCUT2D eigenvalue weighted by atomic mass is 35.5. The number of carbonyl (C=O) groups excluding carboxylic acids is 1. The third kappa shape index (κ3) is 8.26. The molecule has 2 aliphatic carbocycles. The molecule has 0 radical (unpaired) electrons. The molecule has 186 valence electrons. The van der Waals surface area contributed by atoms with Gasteiger partial charge in [-0.05, 0) is 107 Å². The molecule has 1 saturated carbocycles. The minimum Gasteiger partial charge on any atom is -0.342 e. The fraction of sp³-hybridized carbons (Fsp3) is 0.750. The maximum atomic E-state index is 13.1. The largest absolute Gasteiger partial charge is 0.342 e. The fourth-order valence-corrected chi connectivity index (χ4v) is 6.03. The summed E-state index contributed by atoms with van der Waals surface area (Å²) >= 11 is 0. The molecule has 1 aliphatic heterocycles. The van der Waals surface area contributed by atoms with Gasteiger partial charge in [0.2, 0.25) is 5.91 Å². The van der Waals surface area contributed by atoms with Crippen molar-refractivity contribution >= 4 is 18.3 Å². The van der Waals surface area contributed by atoms with Gasteiger partial charge < -0.3 is 15.5 Å². The van der Waals surface area contributed by atoms with Crippen LogP contribution in [0.4, 0.5) is 0 Å². The van der Waals surface area contributed by atoms with Crippen molar-refractivity contribution in [2.45, 2.75) is 77.0 Å². The number of likely N-dealkylation sites (tertiary alicyclic amines) is 1. The van der Waals surface area contributed by atoms with Gasteiger partial charge in [-0.3, -0.25) is 4.79 Å². The molecule has 1 heterocycles. The van der Waals surface area contributed by atoms with E-state index in [-0.39, 0.29) is 18.3 Å². The Labute approximate surface area is 208 Å². The van der Waals surface area contributed by atoms with Crippen molar-refractivity contribution in [2.24, 2.45) is 17.8 Å². The molecular weight excluding hydrogens is 430 g/mol. The van der Waals surface area contributed by atoms with Crippen LogP contribution in [0, 0.1) is 17.8 Å². The predicted octanol–water partition coefficient (Wildman–Crippen LogP) is 4.99. The predicted molar refractivity (Wildman–Crippen MR) is 140 cm³/mol. The van der Waals surface area contributed by atoms with Gasteiger partial charge in [0, 0.05) is 19.0 Å². The zero-order valence-corrected chi connectivity index (χ0v) is 21.3. The molecule has 0 aromatic heterocycles. The summed E-state index contributed by atoms with van der Waals surface area (Å²) in [5.41, 5.74) is 2.83. The van der Waals surface area contributed by atoms with Crippen molar-refractivity contribution in [3.8, 4) is 0 Å². The highest BCUT2D eigenvalue weighted by Gasteiger charge is 2.30. The molecule has 4 rings (SSSR count). The number of benzene rings is 1. The number of unbranched alkanes of at least 4 members (excludes halogenated alkanes) is 1. The zero-order valence-electron chi connectivity index (χ0n) is 20.5. The van der Waals surface area contributed by atoms with Gasteiger partial charge in [-0.25, -0.2) is 0 Å². The Morgan fingerprint density at radius 2 is 1.42 bits per heavy atom. The molecule has 1 atom stereocenters. The zero-order chi connectivity index (χ0) is 22.0. The van der Waals surface area contributed by atoms with E-state index >= 15 is 0 Å². The molecule has 3 aliphatic rings. The molecule has 1 amide bonds. The Kier molecular flexibility index (Phi) is 11.5. The summed E-state index contributed by atoms with van der Waals surface area (Å²) in [6, 6.07) is 8.66. The second-order valence-corrected chi connectivity index (χ2v) is 10.6. The maximum Gasteiger partial charge on any atom is 0.226 e. The summed E-state index contributed by atoms with van der Waals surface area (Å²) in [7, 11) is 0. The quantitative estimate of drug-likeness (QED) is 0.468. The van der Waals surface area contributed by atoms with E-state index in [1.54, 1.807) is 0 Å². The fourth-order valence-electron chi connectivity index (χ4n) is 6.03.